The Bertz CT molecular complexity index is 793. The van der Waals surface area contributed by atoms with E-state index in [0.717, 1.165) is 11.1 Å². The van der Waals surface area contributed by atoms with Crippen LogP contribution in [0.3, 0.4) is 0 Å². The topological polar surface area (TPSA) is 68.7 Å². The van der Waals surface area contributed by atoms with Crippen LogP contribution in [0.4, 0.5) is 0 Å². The van der Waals surface area contributed by atoms with Gasteiger partial charge in [-0.05, 0) is 35.4 Å². The molecule has 0 fully saturated rings. The molecule has 1 aromatic heterocycles. The molecule has 24 heavy (non-hydrogen) atoms. The lowest BCUT2D eigenvalue weighted by molar-refractivity contribution is 0.134. The number of ether oxygens (including phenoxy) is 2. The molecule has 6 nitrogen and oxygen atoms in total. The lowest BCUT2D eigenvalue weighted by atomic mass is 10.1. The van der Waals surface area contributed by atoms with Crippen LogP contribution in [0.2, 0.25) is 0 Å². The van der Waals surface area contributed by atoms with Crippen LogP contribution in [0, 0.1) is 0 Å². The summed E-state index contributed by atoms with van der Waals surface area (Å²) in [6.45, 7) is 1.79. The van der Waals surface area contributed by atoms with E-state index in [1.165, 1.54) is 4.31 Å². The van der Waals surface area contributed by atoms with Gasteiger partial charge in [0.25, 0.3) is 0 Å². The Balaban J connectivity index is 1.89. The summed E-state index contributed by atoms with van der Waals surface area (Å²) in [6.07, 6.45) is 1.66. The van der Waals surface area contributed by atoms with Crippen molar-refractivity contribution in [1.29, 1.82) is 0 Å². The van der Waals surface area contributed by atoms with Crippen LogP contribution in [0.5, 0.6) is 0 Å². The zero-order chi connectivity index (χ0) is 17.0. The third-order valence-electron chi connectivity index (χ3n) is 3.94. The van der Waals surface area contributed by atoms with Gasteiger partial charge in [0, 0.05) is 19.9 Å². The average molecular weight is 348 g/mol. The summed E-state index contributed by atoms with van der Waals surface area (Å²) < 4.78 is 37.9. The number of rotatable bonds is 7. The van der Waals surface area contributed by atoms with E-state index in [1.54, 1.807) is 31.5 Å². The molecule has 0 saturated carbocycles. The van der Waals surface area contributed by atoms with Crippen molar-refractivity contribution >= 4 is 10.0 Å². The standard InChI is InChI=1S/C17H20N2O4S/c1-22-9-8-19(11-16-4-2-3-7-18-16)24(20,21)17-6-5-14-12-23-13-15(14)10-17/h2-7,10H,8-9,11-13H2,1H3. The number of aromatic nitrogens is 1. The molecule has 2 heterocycles. The maximum absolute atomic E-state index is 13.0. The Kier molecular flexibility index (Phi) is 5.25. The Labute approximate surface area is 142 Å². The fourth-order valence-corrected chi connectivity index (χ4v) is 4.05. The molecule has 0 atom stereocenters. The maximum atomic E-state index is 13.0. The van der Waals surface area contributed by atoms with Gasteiger partial charge in [-0.1, -0.05) is 12.1 Å². The van der Waals surface area contributed by atoms with Gasteiger partial charge >= 0.3 is 0 Å². The Morgan fingerprint density at radius 2 is 2.04 bits per heavy atom. The minimum atomic E-state index is -3.64. The minimum absolute atomic E-state index is 0.208. The summed E-state index contributed by atoms with van der Waals surface area (Å²) in [4.78, 5) is 4.50. The van der Waals surface area contributed by atoms with Gasteiger partial charge in [-0.25, -0.2) is 8.42 Å². The summed E-state index contributed by atoms with van der Waals surface area (Å²) in [5.41, 5.74) is 2.67. The van der Waals surface area contributed by atoms with E-state index in [-0.39, 0.29) is 18.0 Å². The number of hydrogen-bond acceptors (Lipinski definition) is 5. The highest BCUT2D eigenvalue weighted by molar-refractivity contribution is 7.89. The van der Waals surface area contributed by atoms with Gasteiger partial charge in [0.15, 0.2) is 0 Å². The van der Waals surface area contributed by atoms with Gasteiger partial charge in [-0.3, -0.25) is 4.98 Å². The van der Waals surface area contributed by atoms with E-state index in [1.807, 2.05) is 18.2 Å². The van der Waals surface area contributed by atoms with Gasteiger partial charge in [0.2, 0.25) is 10.0 Å². The smallest absolute Gasteiger partial charge is 0.243 e. The van der Waals surface area contributed by atoms with Gasteiger partial charge in [-0.15, -0.1) is 0 Å². The molecular formula is C17H20N2O4S. The predicted molar refractivity (Wildman–Crippen MR) is 88.6 cm³/mol. The molecule has 7 heteroatoms. The molecule has 0 spiro atoms. The van der Waals surface area contributed by atoms with Gasteiger partial charge in [0.05, 0.1) is 37.0 Å². The molecule has 2 aromatic rings. The summed E-state index contributed by atoms with van der Waals surface area (Å²) in [6, 6.07) is 10.6. The fourth-order valence-electron chi connectivity index (χ4n) is 2.61. The summed E-state index contributed by atoms with van der Waals surface area (Å²) >= 11 is 0. The first-order valence-corrected chi connectivity index (χ1v) is 9.14. The second kappa shape index (κ2) is 7.40. The van der Waals surface area contributed by atoms with Crippen LogP contribution in [0.15, 0.2) is 47.5 Å². The number of benzene rings is 1. The van der Waals surface area contributed by atoms with Crippen LogP contribution >= 0.6 is 0 Å². The van der Waals surface area contributed by atoms with Crippen molar-refractivity contribution in [3.8, 4) is 0 Å². The molecule has 128 valence electrons. The molecule has 0 bridgehead atoms. The van der Waals surface area contributed by atoms with Crippen LogP contribution in [0.1, 0.15) is 16.8 Å². The van der Waals surface area contributed by atoms with Gasteiger partial charge < -0.3 is 9.47 Å². The van der Waals surface area contributed by atoms with Crippen LogP contribution in [-0.4, -0.2) is 38.0 Å². The molecule has 1 aromatic carbocycles. The van der Waals surface area contributed by atoms with Crippen molar-refractivity contribution in [2.75, 3.05) is 20.3 Å². The highest BCUT2D eigenvalue weighted by Gasteiger charge is 2.26. The first-order chi connectivity index (χ1) is 11.6. The number of hydrogen-bond donors (Lipinski definition) is 0. The van der Waals surface area contributed by atoms with Gasteiger partial charge in [-0.2, -0.15) is 4.31 Å². The van der Waals surface area contributed by atoms with Crippen molar-refractivity contribution in [2.45, 2.75) is 24.7 Å². The van der Waals surface area contributed by atoms with E-state index >= 15 is 0 Å². The van der Waals surface area contributed by atoms with Crippen molar-refractivity contribution in [3.63, 3.8) is 0 Å². The zero-order valence-corrected chi connectivity index (χ0v) is 14.3. The molecule has 1 aliphatic heterocycles. The van der Waals surface area contributed by atoms with Crippen LogP contribution < -0.4 is 0 Å². The maximum Gasteiger partial charge on any atom is 0.243 e. The molecule has 0 amide bonds. The highest BCUT2D eigenvalue weighted by Crippen LogP contribution is 2.25. The Morgan fingerprint density at radius 1 is 1.21 bits per heavy atom. The number of sulfonamides is 1. The number of methoxy groups -OCH3 is 1. The van der Waals surface area contributed by atoms with Crippen LogP contribution in [-0.2, 0) is 39.3 Å². The molecular weight excluding hydrogens is 328 g/mol. The molecule has 3 rings (SSSR count). The average Bonchev–Trinajstić information content (AvgIpc) is 3.07. The quantitative estimate of drug-likeness (QED) is 0.765. The van der Waals surface area contributed by atoms with Gasteiger partial charge in [0.1, 0.15) is 0 Å². The monoisotopic (exact) mass is 348 g/mol. The first-order valence-electron chi connectivity index (χ1n) is 7.70. The molecule has 0 radical (unpaired) electrons. The zero-order valence-electron chi connectivity index (χ0n) is 13.5. The third kappa shape index (κ3) is 3.64. The van der Waals surface area contributed by atoms with Crippen LogP contribution in [0.25, 0.3) is 0 Å². The number of nitrogens with zero attached hydrogens (tertiary/aromatic N) is 2. The molecule has 1 aliphatic rings. The Hall–Kier alpha value is -1.80. The number of pyridine rings is 1. The fraction of sp³-hybridized carbons (Fsp3) is 0.353. The van der Waals surface area contributed by atoms with E-state index in [4.69, 9.17) is 9.47 Å². The van der Waals surface area contributed by atoms with Crippen molar-refractivity contribution in [3.05, 3.63) is 59.4 Å². The highest BCUT2D eigenvalue weighted by atomic mass is 32.2. The second-order valence-electron chi connectivity index (χ2n) is 5.58. The molecule has 0 N–H and O–H groups in total. The minimum Gasteiger partial charge on any atom is -0.383 e. The molecule has 0 saturated heterocycles. The summed E-state index contributed by atoms with van der Waals surface area (Å²) in [5, 5.41) is 0. The summed E-state index contributed by atoms with van der Waals surface area (Å²) in [5.74, 6) is 0. The van der Waals surface area contributed by atoms with E-state index in [0.29, 0.717) is 25.5 Å². The number of fused-ring (bicyclic) bond motifs is 1. The second-order valence-corrected chi connectivity index (χ2v) is 7.51. The van der Waals surface area contributed by atoms with E-state index < -0.39 is 10.0 Å². The van der Waals surface area contributed by atoms with Crippen molar-refractivity contribution in [2.24, 2.45) is 0 Å². The van der Waals surface area contributed by atoms with E-state index in [2.05, 4.69) is 4.98 Å². The molecule has 0 unspecified atom stereocenters. The molecule has 0 aliphatic carbocycles. The summed E-state index contributed by atoms with van der Waals surface area (Å²) in [7, 11) is -2.08. The first kappa shape index (κ1) is 17.0. The largest absolute Gasteiger partial charge is 0.383 e. The lowest BCUT2D eigenvalue weighted by Crippen LogP contribution is -2.33. The van der Waals surface area contributed by atoms with Crippen molar-refractivity contribution < 1.29 is 17.9 Å². The Morgan fingerprint density at radius 3 is 2.79 bits per heavy atom. The SMILES string of the molecule is COCCN(Cc1ccccn1)S(=O)(=O)c1ccc2c(c1)COC2. The third-order valence-corrected chi connectivity index (χ3v) is 5.78. The van der Waals surface area contributed by atoms with E-state index in [9.17, 15) is 8.42 Å². The predicted octanol–water partition coefficient (Wildman–Crippen LogP) is 1.95. The normalized spacial score (nSPS) is 14.1. The van der Waals surface area contributed by atoms with Crippen molar-refractivity contribution in [1.82, 2.24) is 9.29 Å². The lowest BCUT2D eigenvalue weighted by Gasteiger charge is -2.22.